The Morgan fingerprint density at radius 3 is 2.30 bits per heavy atom. The molecule has 2 amide bonds. The summed E-state index contributed by atoms with van der Waals surface area (Å²) in [6.45, 7) is 4.77. The first-order chi connectivity index (χ1) is 10.9. The van der Waals surface area contributed by atoms with E-state index in [0.717, 1.165) is 0 Å². The molecule has 1 atom stereocenters. The van der Waals surface area contributed by atoms with Crippen molar-refractivity contribution in [3.63, 3.8) is 0 Å². The summed E-state index contributed by atoms with van der Waals surface area (Å²) in [4.78, 5) is 24.1. The third-order valence-electron chi connectivity index (χ3n) is 3.81. The van der Waals surface area contributed by atoms with Crippen LogP contribution in [0.2, 0.25) is 0 Å². The van der Waals surface area contributed by atoms with Crippen molar-refractivity contribution < 1.29 is 19.1 Å². The van der Waals surface area contributed by atoms with Gasteiger partial charge in [-0.15, -0.1) is 0 Å². The zero-order valence-electron chi connectivity index (χ0n) is 13.8. The number of methoxy groups -OCH3 is 1. The number of carbonyl (C=O) groups excluding carboxylic acids is 2. The van der Waals surface area contributed by atoms with E-state index in [0.29, 0.717) is 36.7 Å². The second kappa shape index (κ2) is 7.57. The lowest BCUT2D eigenvalue weighted by Crippen LogP contribution is -2.45. The number of anilines is 2. The Kier molecular flexibility index (Phi) is 5.74. The van der Waals surface area contributed by atoms with Crippen LogP contribution < -0.4 is 10.6 Å². The minimum Gasteiger partial charge on any atom is -0.378 e. The van der Waals surface area contributed by atoms with Crippen LogP contribution in [0.15, 0.2) is 24.3 Å². The summed E-state index contributed by atoms with van der Waals surface area (Å²) in [5.41, 5.74) is 0.448. The summed E-state index contributed by atoms with van der Waals surface area (Å²) in [5, 5.41) is 5.66. The van der Waals surface area contributed by atoms with Crippen molar-refractivity contribution in [2.75, 3.05) is 31.0 Å². The van der Waals surface area contributed by atoms with Gasteiger partial charge in [0.2, 0.25) is 5.91 Å². The highest BCUT2D eigenvalue weighted by molar-refractivity contribution is 5.98. The molecule has 1 heterocycles. The lowest BCUT2D eigenvalue weighted by atomic mass is 10.0. The second-order valence-electron chi connectivity index (χ2n) is 6.18. The molecule has 1 aliphatic rings. The van der Waals surface area contributed by atoms with E-state index in [2.05, 4.69) is 10.6 Å². The minimum absolute atomic E-state index is 0.0155. The van der Waals surface area contributed by atoms with E-state index in [1.807, 2.05) is 13.8 Å². The molecule has 0 unspecified atom stereocenters. The van der Waals surface area contributed by atoms with Gasteiger partial charge < -0.3 is 20.1 Å². The molecule has 1 aliphatic heterocycles. The van der Waals surface area contributed by atoms with Crippen LogP contribution >= 0.6 is 0 Å². The van der Waals surface area contributed by atoms with Crippen LogP contribution in [-0.2, 0) is 19.1 Å². The van der Waals surface area contributed by atoms with Crippen LogP contribution in [0.25, 0.3) is 0 Å². The zero-order chi connectivity index (χ0) is 16.9. The zero-order valence-corrected chi connectivity index (χ0v) is 13.8. The van der Waals surface area contributed by atoms with Crippen LogP contribution in [0.4, 0.5) is 11.4 Å². The molecule has 0 aromatic heterocycles. The highest BCUT2D eigenvalue weighted by atomic mass is 16.6. The number of hydrogen-bond donors (Lipinski definition) is 2. The summed E-state index contributed by atoms with van der Waals surface area (Å²) in [6.07, 6.45) is 1.02. The first-order valence-electron chi connectivity index (χ1n) is 7.79. The van der Waals surface area contributed by atoms with Crippen molar-refractivity contribution in [3.8, 4) is 0 Å². The number of rotatable bonds is 6. The topological polar surface area (TPSA) is 76.7 Å². The molecule has 0 saturated carbocycles. The summed E-state index contributed by atoms with van der Waals surface area (Å²) < 4.78 is 10.6. The van der Waals surface area contributed by atoms with Gasteiger partial charge in [-0.2, -0.15) is 0 Å². The summed E-state index contributed by atoms with van der Waals surface area (Å²) in [7, 11) is 1.52. The quantitative estimate of drug-likeness (QED) is 0.844. The fraction of sp³-hybridized carbons (Fsp3) is 0.529. The molecule has 1 aromatic rings. The molecule has 126 valence electrons. The number of hydrogen-bond acceptors (Lipinski definition) is 4. The van der Waals surface area contributed by atoms with E-state index in [1.165, 1.54) is 7.11 Å². The van der Waals surface area contributed by atoms with Crippen molar-refractivity contribution in [3.05, 3.63) is 24.3 Å². The predicted molar refractivity (Wildman–Crippen MR) is 88.3 cm³/mol. The Morgan fingerprint density at radius 2 is 1.83 bits per heavy atom. The number of benzene rings is 1. The Bertz CT molecular complexity index is 548. The van der Waals surface area contributed by atoms with Crippen molar-refractivity contribution in [2.45, 2.75) is 32.3 Å². The maximum absolute atomic E-state index is 12.4. The SMILES string of the molecule is CO[C@]1(C(=O)Nc2ccc(NC(=O)CC(C)C)cc2)CCOC1. The normalized spacial score (nSPS) is 20.5. The van der Waals surface area contributed by atoms with E-state index in [9.17, 15) is 9.59 Å². The van der Waals surface area contributed by atoms with E-state index >= 15 is 0 Å². The van der Waals surface area contributed by atoms with Gasteiger partial charge in [0.25, 0.3) is 5.91 Å². The standard InChI is InChI=1S/C17H24N2O4/c1-12(2)10-15(20)18-13-4-6-14(7-5-13)19-16(21)17(22-3)8-9-23-11-17/h4-7,12H,8-11H2,1-3H3,(H,18,20)(H,19,21)/t17-/m1/s1. The maximum Gasteiger partial charge on any atom is 0.259 e. The third kappa shape index (κ3) is 4.53. The van der Waals surface area contributed by atoms with E-state index in [4.69, 9.17) is 9.47 Å². The molecule has 2 N–H and O–H groups in total. The summed E-state index contributed by atoms with van der Waals surface area (Å²) in [6, 6.07) is 7.03. The minimum atomic E-state index is -0.913. The fourth-order valence-corrected chi connectivity index (χ4v) is 2.44. The monoisotopic (exact) mass is 320 g/mol. The Balaban J connectivity index is 1.94. The molecule has 6 heteroatoms. The molecular weight excluding hydrogens is 296 g/mol. The highest BCUT2D eigenvalue weighted by Gasteiger charge is 2.42. The van der Waals surface area contributed by atoms with E-state index < -0.39 is 5.60 Å². The van der Waals surface area contributed by atoms with Gasteiger partial charge in [0.1, 0.15) is 0 Å². The molecular formula is C17H24N2O4. The predicted octanol–water partition coefficient (Wildman–Crippen LogP) is 2.42. The maximum atomic E-state index is 12.4. The van der Waals surface area contributed by atoms with E-state index in [1.54, 1.807) is 24.3 Å². The number of amides is 2. The smallest absolute Gasteiger partial charge is 0.259 e. The number of carbonyl (C=O) groups is 2. The van der Waals surface area contributed by atoms with Crippen molar-refractivity contribution in [1.82, 2.24) is 0 Å². The molecule has 6 nitrogen and oxygen atoms in total. The molecule has 2 rings (SSSR count). The first-order valence-corrected chi connectivity index (χ1v) is 7.79. The molecule has 0 spiro atoms. The lowest BCUT2D eigenvalue weighted by Gasteiger charge is -2.24. The van der Waals surface area contributed by atoms with Gasteiger partial charge in [-0.1, -0.05) is 13.8 Å². The van der Waals surface area contributed by atoms with Crippen LogP contribution in [0, 0.1) is 5.92 Å². The van der Waals surface area contributed by atoms with Crippen molar-refractivity contribution in [2.24, 2.45) is 5.92 Å². The van der Waals surface area contributed by atoms with Gasteiger partial charge in [0, 0.05) is 31.3 Å². The molecule has 1 fully saturated rings. The average Bonchev–Trinajstić information content (AvgIpc) is 2.98. The Morgan fingerprint density at radius 1 is 1.22 bits per heavy atom. The van der Waals surface area contributed by atoms with Crippen LogP contribution in [0.1, 0.15) is 26.7 Å². The highest BCUT2D eigenvalue weighted by Crippen LogP contribution is 2.25. The largest absolute Gasteiger partial charge is 0.378 e. The number of nitrogens with one attached hydrogen (secondary N) is 2. The van der Waals surface area contributed by atoms with Crippen molar-refractivity contribution >= 4 is 23.2 Å². The average molecular weight is 320 g/mol. The van der Waals surface area contributed by atoms with Crippen LogP contribution in [0.3, 0.4) is 0 Å². The Hall–Kier alpha value is -1.92. The van der Waals surface area contributed by atoms with Crippen LogP contribution in [-0.4, -0.2) is 37.7 Å². The molecule has 1 saturated heterocycles. The molecule has 0 radical (unpaired) electrons. The first kappa shape index (κ1) is 17.4. The molecule has 0 bridgehead atoms. The molecule has 1 aromatic carbocycles. The summed E-state index contributed by atoms with van der Waals surface area (Å²) >= 11 is 0. The third-order valence-corrected chi connectivity index (χ3v) is 3.81. The second-order valence-corrected chi connectivity index (χ2v) is 6.18. The van der Waals surface area contributed by atoms with Gasteiger partial charge in [-0.3, -0.25) is 9.59 Å². The van der Waals surface area contributed by atoms with E-state index in [-0.39, 0.29) is 18.4 Å². The molecule has 0 aliphatic carbocycles. The lowest BCUT2D eigenvalue weighted by molar-refractivity contribution is -0.137. The molecule has 23 heavy (non-hydrogen) atoms. The van der Waals surface area contributed by atoms with Crippen LogP contribution in [0.5, 0.6) is 0 Å². The van der Waals surface area contributed by atoms with Gasteiger partial charge in [-0.25, -0.2) is 0 Å². The fourth-order valence-electron chi connectivity index (χ4n) is 2.44. The van der Waals surface area contributed by atoms with Gasteiger partial charge >= 0.3 is 0 Å². The van der Waals surface area contributed by atoms with Gasteiger partial charge in [0.05, 0.1) is 13.2 Å². The Labute approximate surface area is 136 Å². The summed E-state index contributed by atoms with van der Waals surface area (Å²) in [5.74, 6) is 0.0831. The van der Waals surface area contributed by atoms with Gasteiger partial charge in [0.15, 0.2) is 5.60 Å². The number of ether oxygens (including phenoxy) is 2. The van der Waals surface area contributed by atoms with Crippen molar-refractivity contribution in [1.29, 1.82) is 0 Å². The van der Waals surface area contributed by atoms with Gasteiger partial charge in [-0.05, 0) is 30.2 Å².